The fourth-order valence-corrected chi connectivity index (χ4v) is 0.805. The van der Waals surface area contributed by atoms with Crippen LogP contribution < -0.4 is 5.73 Å². The van der Waals surface area contributed by atoms with Gasteiger partial charge < -0.3 is 15.2 Å². The van der Waals surface area contributed by atoms with Gasteiger partial charge in [-0.15, -0.1) is 0 Å². The first-order valence-electron chi connectivity index (χ1n) is 4.56. The van der Waals surface area contributed by atoms with Crippen LogP contribution in [0, 0.1) is 0 Å². The summed E-state index contributed by atoms with van der Waals surface area (Å²) in [5, 5.41) is 0. The van der Waals surface area contributed by atoms with Gasteiger partial charge in [0.25, 0.3) is 0 Å². The molecule has 0 aliphatic carbocycles. The van der Waals surface area contributed by atoms with Gasteiger partial charge >= 0.3 is 5.97 Å². The molecule has 78 valence electrons. The van der Waals surface area contributed by atoms with Crippen molar-refractivity contribution in [1.82, 2.24) is 0 Å². The maximum absolute atomic E-state index is 11.2. The number of esters is 1. The third-order valence-electron chi connectivity index (χ3n) is 1.90. The number of nitrogens with two attached hydrogens (primary N) is 1. The van der Waals surface area contributed by atoms with Crippen LogP contribution in [0.4, 0.5) is 0 Å². The Labute approximate surface area is 79.4 Å². The molecule has 0 saturated carbocycles. The van der Waals surface area contributed by atoms with Crippen LogP contribution in [0.15, 0.2) is 0 Å². The Morgan fingerprint density at radius 2 is 2.15 bits per heavy atom. The smallest absolute Gasteiger partial charge is 0.308 e. The van der Waals surface area contributed by atoms with E-state index in [1.807, 2.05) is 13.8 Å². The van der Waals surface area contributed by atoms with Crippen molar-refractivity contribution >= 4 is 5.97 Å². The third-order valence-corrected chi connectivity index (χ3v) is 1.90. The van der Waals surface area contributed by atoms with E-state index in [1.165, 1.54) is 7.11 Å². The van der Waals surface area contributed by atoms with Crippen LogP contribution in [0.3, 0.4) is 0 Å². The summed E-state index contributed by atoms with van der Waals surface area (Å²) in [6.07, 6.45) is 0.808. The minimum Gasteiger partial charge on any atom is -0.463 e. The first kappa shape index (κ1) is 12.4. The molecule has 0 saturated heterocycles. The molecule has 0 aromatic heterocycles. The summed E-state index contributed by atoms with van der Waals surface area (Å²) in [6, 6.07) is 0. The number of methoxy groups -OCH3 is 1. The lowest BCUT2D eigenvalue weighted by molar-refractivity contribution is -0.150. The van der Waals surface area contributed by atoms with Crippen molar-refractivity contribution in [2.75, 3.05) is 13.7 Å². The third kappa shape index (κ3) is 5.60. The number of ether oxygens (including phenoxy) is 2. The summed E-state index contributed by atoms with van der Waals surface area (Å²) < 4.78 is 10.0. The monoisotopic (exact) mass is 189 g/mol. The van der Waals surface area contributed by atoms with Crippen LogP contribution in [0.2, 0.25) is 0 Å². The molecule has 0 rings (SSSR count). The van der Waals surface area contributed by atoms with E-state index in [1.54, 1.807) is 0 Å². The molecule has 0 aliphatic rings. The van der Waals surface area contributed by atoms with Crippen LogP contribution in [-0.4, -0.2) is 31.8 Å². The van der Waals surface area contributed by atoms with Gasteiger partial charge in [0.1, 0.15) is 0 Å². The van der Waals surface area contributed by atoms with Gasteiger partial charge in [-0.1, -0.05) is 6.92 Å². The Hall–Kier alpha value is -0.610. The Morgan fingerprint density at radius 3 is 2.54 bits per heavy atom. The standard InChI is InChI=1S/C9H19NO3/c1-4-7(2)13-9(11)5-8(6-10)12-3/h7-8H,4-6,10H2,1-3H3. The van der Waals surface area contributed by atoms with Crippen molar-refractivity contribution in [2.45, 2.75) is 38.9 Å². The number of hydrogen-bond acceptors (Lipinski definition) is 4. The maximum Gasteiger partial charge on any atom is 0.308 e. The second-order valence-electron chi connectivity index (χ2n) is 3.01. The lowest BCUT2D eigenvalue weighted by Gasteiger charge is -2.14. The summed E-state index contributed by atoms with van der Waals surface area (Å²) in [5.41, 5.74) is 5.36. The molecule has 2 atom stereocenters. The molecule has 0 aliphatic heterocycles. The highest BCUT2D eigenvalue weighted by Crippen LogP contribution is 2.02. The Balaban J connectivity index is 3.72. The van der Waals surface area contributed by atoms with E-state index >= 15 is 0 Å². The minimum atomic E-state index is -0.244. The van der Waals surface area contributed by atoms with Crippen LogP contribution in [-0.2, 0) is 14.3 Å². The molecule has 0 radical (unpaired) electrons. The SMILES string of the molecule is CCC(C)OC(=O)CC(CN)OC. The number of rotatable bonds is 6. The molecule has 4 heteroatoms. The van der Waals surface area contributed by atoms with Gasteiger partial charge in [0.15, 0.2) is 0 Å². The molecule has 2 unspecified atom stereocenters. The van der Waals surface area contributed by atoms with Crippen LogP contribution in [0.25, 0.3) is 0 Å². The van der Waals surface area contributed by atoms with Crippen molar-refractivity contribution in [1.29, 1.82) is 0 Å². The van der Waals surface area contributed by atoms with Gasteiger partial charge in [-0.3, -0.25) is 4.79 Å². The van der Waals surface area contributed by atoms with E-state index in [0.717, 1.165) is 6.42 Å². The molecule has 0 aromatic carbocycles. The summed E-state index contributed by atoms with van der Waals surface area (Å²) in [6.45, 7) is 4.17. The summed E-state index contributed by atoms with van der Waals surface area (Å²) in [5.74, 6) is -0.244. The normalized spacial score (nSPS) is 15.1. The highest BCUT2D eigenvalue weighted by molar-refractivity contribution is 5.70. The van der Waals surface area contributed by atoms with Crippen LogP contribution in [0.1, 0.15) is 26.7 Å². The van der Waals surface area contributed by atoms with Gasteiger partial charge in [0.2, 0.25) is 0 Å². The zero-order valence-electron chi connectivity index (χ0n) is 8.58. The fraction of sp³-hybridized carbons (Fsp3) is 0.889. The van der Waals surface area contributed by atoms with E-state index in [0.29, 0.717) is 6.54 Å². The maximum atomic E-state index is 11.2. The number of hydrogen-bond donors (Lipinski definition) is 1. The second-order valence-corrected chi connectivity index (χ2v) is 3.01. The molecule has 0 heterocycles. The summed E-state index contributed by atoms with van der Waals surface area (Å²) in [7, 11) is 1.54. The minimum absolute atomic E-state index is 0.0252. The molecule has 0 spiro atoms. The molecule has 2 N–H and O–H groups in total. The van der Waals surface area contributed by atoms with Crippen molar-refractivity contribution in [2.24, 2.45) is 5.73 Å². The predicted octanol–water partition coefficient (Wildman–Crippen LogP) is 0.692. The highest BCUT2D eigenvalue weighted by atomic mass is 16.5. The lowest BCUT2D eigenvalue weighted by Crippen LogP contribution is -2.27. The molecule has 0 aromatic rings. The average Bonchev–Trinajstić information content (AvgIpc) is 2.13. The van der Waals surface area contributed by atoms with Crippen molar-refractivity contribution < 1.29 is 14.3 Å². The highest BCUT2D eigenvalue weighted by Gasteiger charge is 2.14. The Kier molecular flexibility index (Phi) is 6.54. The lowest BCUT2D eigenvalue weighted by atomic mass is 10.2. The molecule has 0 amide bonds. The van der Waals surface area contributed by atoms with Gasteiger partial charge in [0.05, 0.1) is 18.6 Å². The van der Waals surface area contributed by atoms with E-state index in [9.17, 15) is 4.79 Å². The molecule has 0 fully saturated rings. The first-order valence-corrected chi connectivity index (χ1v) is 4.56. The first-order chi connectivity index (χ1) is 6.13. The van der Waals surface area contributed by atoms with Gasteiger partial charge in [0, 0.05) is 13.7 Å². The molecule has 13 heavy (non-hydrogen) atoms. The molecule has 4 nitrogen and oxygen atoms in total. The summed E-state index contributed by atoms with van der Waals surface area (Å²) in [4.78, 5) is 11.2. The van der Waals surface area contributed by atoms with Gasteiger partial charge in [-0.2, -0.15) is 0 Å². The second kappa shape index (κ2) is 6.86. The van der Waals surface area contributed by atoms with E-state index in [2.05, 4.69) is 0 Å². The van der Waals surface area contributed by atoms with Crippen LogP contribution in [0.5, 0.6) is 0 Å². The summed E-state index contributed by atoms with van der Waals surface area (Å²) >= 11 is 0. The zero-order chi connectivity index (χ0) is 10.3. The van der Waals surface area contributed by atoms with Crippen molar-refractivity contribution in [3.63, 3.8) is 0 Å². The molecule has 0 bridgehead atoms. The molecular formula is C9H19NO3. The fourth-order valence-electron chi connectivity index (χ4n) is 0.805. The van der Waals surface area contributed by atoms with Crippen LogP contribution >= 0.6 is 0 Å². The predicted molar refractivity (Wildman–Crippen MR) is 50.3 cm³/mol. The Bertz CT molecular complexity index is 146. The zero-order valence-corrected chi connectivity index (χ0v) is 8.58. The largest absolute Gasteiger partial charge is 0.463 e. The van der Waals surface area contributed by atoms with E-state index < -0.39 is 0 Å². The van der Waals surface area contributed by atoms with Gasteiger partial charge in [-0.25, -0.2) is 0 Å². The van der Waals surface area contributed by atoms with Crippen molar-refractivity contribution in [3.05, 3.63) is 0 Å². The van der Waals surface area contributed by atoms with Gasteiger partial charge in [-0.05, 0) is 13.3 Å². The van der Waals surface area contributed by atoms with E-state index in [-0.39, 0.29) is 24.6 Å². The topological polar surface area (TPSA) is 61.5 Å². The quantitative estimate of drug-likeness (QED) is 0.624. The number of carbonyl (C=O) groups excluding carboxylic acids is 1. The Morgan fingerprint density at radius 1 is 1.54 bits per heavy atom. The van der Waals surface area contributed by atoms with Crippen molar-refractivity contribution in [3.8, 4) is 0 Å². The number of carbonyl (C=O) groups is 1. The average molecular weight is 189 g/mol. The van der Waals surface area contributed by atoms with E-state index in [4.69, 9.17) is 15.2 Å². The molecular weight excluding hydrogens is 170 g/mol.